The number of anilines is 1. The Bertz CT molecular complexity index is 1180. The minimum atomic E-state index is -0.499. The molecule has 0 fully saturated rings. The number of carbonyl (C=O) groups is 1. The SMILES string of the molecule is CCn1c(SCC(=O)Nc2c(C)cc(C)cc2[N+](=O)[O-])nnc1-c1cc(Cl)ccc1OC. The molecule has 1 amide bonds. The molecule has 2 aromatic carbocycles. The van der Waals surface area contributed by atoms with E-state index in [-0.39, 0.29) is 23.0 Å². The summed E-state index contributed by atoms with van der Waals surface area (Å²) >= 11 is 7.33. The van der Waals surface area contributed by atoms with Gasteiger partial charge in [0.2, 0.25) is 5.91 Å². The number of rotatable bonds is 8. The minimum absolute atomic E-state index is 0.00921. The Labute approximate surface area is 194 Å². The molecule has 3 rings (SSSR count). The Hall–Kier alpha value is -3.11. The second-order valence-corrected chi connectivity index (χ2v) is 8.34. The van der Waals surface area contributed by atoms with Crippen LogP contribution in [0.5, 0.6) is 5.75 Å². The highest BCUT2D eigenvalue weighted by molar-refractivity contribution is 7.99. The summed E-state index contributed by atoms with van der Waals surface area (Å²) in [6, 6.07) is 8.45. The summed E-state index contributed by atoms with van der Waals surface area (Å²) < 4.78 is 7.27. The summed E-state index contributed by atoms with van der Waals surface area (Å²) in [4.78, 5) is 23.5. The number of aryl methyl sites for hydroxylation is 2. The van der Waals surface area contributed by atoms with Gasteiger partial charge in [0.05, 0.1) is 23.3 Å². The van der Waals surface area contributed by atoms with Crippen molar-refractivity contribution < 1.29 is 14.5 Å². The van der Waals surface area contributed by atoms with E-state index in [0.717, 1.165) is 5.56 Å². The molecule has 3 aromatic rings. The number of aromatic nitrogens is 3. The van der Waals surface area contributed by atoms with Crippen LogP contribution in [0.25, 0.3) is 11.4 Å². The summed E-state index contributed by atoms with van der Waals surface area (Å²) in [5, 5.41) is 23.6. The van der Waals surface area contributed by atoms with Crippen molar-refractivity contribution in [1.82, 2.24) is 14.8 Å². The molecule has 1 heterocycles. The van der Waals surface area contributed by atoms with E-state index >= 15 is 0 Å². The zero-order valence-electron chi connectivity index (χ0n) is 18.0. The van der Waals surface area contributed by atoms with Crippen molar-refractivity contribution >= 4 is 40.6 Å². The molecule has 0 aliphatic heterocycles. The monoisotopic (exact) mass is 475 g/mol. The van der Waals surface area contributed by atoms with Crippen molar-refractivity contribution in [3.05, 3.63) is 56.6 Å². The number of methoxy groups -OCH3 is 1. The first kappa shape index (κ1) is 23.6. The van der Waals surface area contributed by atoms with Gasteiger partial charge in [0, 0.05) is 17.6 Å². The Morgan fingerprint density at radius 1 is 1.28 bits per heavy atom. The smallest absolute Gasteiger partial charge is 0.293 e. The maximum Gasteiger partial charge on any atom is 0.293 e. The van der Waals surface area contributed by atoms with Crippen LogP contribution in [0.15, 0.2) is 35.5 Å². The number of ether oxygens (including phenoxy) is 1. The Balaban J connectivity index is 1.80. The molecule has 0 aliphatic rings. The van der Waals surface area contributed by atoms with Crippen molar-refractivity contribution in [2.24, 2.45) is 0 Å². The Kier molecular flexibility index (Phi) is 7.37. The molecule has 0 saturated carbocycles. The van der Waals surface area contributed by atoms with Crippen LogP contribution in [0, 0.1) is 24.0 Å². The molecule has 0 aliphatic carbocycles. The van der Waals surface area contributed by atoms with Gasteiger partial charge in [-0.05, 0) is 50.1 Å². The first-order valence-electron chi connectivity index (χ1n) is 9.70. The number of hydrogen-bond donors (Lipinski definition) is 1. The maximum absolute atomic E-state index is 12.6. The van der Waals surface area contributed by atoms with Gasteiger partial charge in [0.15, 0.2) is 11.0 Å². The van der Waals surface area contributed by atoms with Crippen molar-refractivity contribution in [3.8, 4) is 17.1 Å². The molecule has 0 bridgehead atoms. The van der Waals surface area contributed by atoms with Crippen LogP contribution in [0.4, 0.5) is 11.4 Å². The Morgan fingerprint density at radius 2 is 2.03 bits per heavy atom. The molecule has 168 valence electrons. The van der Waals surface area contributed by atoms with Gasteiger partial charge in [-0.2, -0.15) is 0 Å². The van der Waals surface area contributed by atoms with E-state index in [4.69, 9.17) is 16.3 Å². The molecule has 32 heavy (non-hydrogen) atoms. The van der Waals surface area contributed by atoms with Crippen LogP contribution in [-0.4, -0.2) is 38.5 Å². The standard InChI is InChI=1S/C21H22ClN5O4S/c1-5-26-20(15-10-14(22)6-7-17(15)31-4)24-25-21(26)32-11-18(28)23-19-13(3)8-12(2)9-16(19)27(29)30/h6-10H,5,11H2,1-4H3,(H,23,28). The third kappa shape index (κ3) is 5.03. The number of carbonyl (C=O) groups excluding carboxylic acids is 1. The number of amides is 1. The van der Waals surface area contributed by atoms with E-state index in [1.807, 2.05) is 11.5 Å². The predicted molar refractivity (Wildman–Crippen MR) is 125 cm³/mol. The average molecular weight is 476 g/mol. The molecule has 0 radical (unpaired) electrons. The van der Waals surface area contributed by atoms with Gasteiger partial charge in [-0.25, -0.2) is 0 Å². The second-order valence-electron chi connectivity index (χ2n) is 6.96. The van der Waals surface area contributed by atoms with Gasteiger partial charge in [-0.1, -0.05) is 29.4 Å². The number of nitro benzene ring substituents is 1. The average Bonchev–Trinajstić information content (AvgIpc) is 3.16. The van der Waals surface area contributed by atoms with E-state index in [1.54, 1.807) is 45.2 Å². The first-order valence-corrected chi connectivity index (χ1v) is 11.1. The lowest BCUT2D eigenvalue weighted by atomic mass is 10.1. The fourth-order valence-electron chi connectivity index (χ4n) is 3.29. The van der Waals surface area contributed by atoms with Gasteiger partial charge in [0.25, 0.3) is 5.69 Å². The van der Waals surface area contributed by atoms with E-state index in [0.29, 0.717) is 39.4 Å². The molecular weight excluding hydrogens is 454 g/mol. The van der Waals surface area contributed by atoms with Crippen LogP contribution in [-0.2, 0) is 11.3 Å². The number of nitrogens with zero attached hydrogens (tertiary/aromatic N) is 4. The largest absolute Gasteiger partial charge is 0.496 e. The summed E-state index contributed by atoms with van der Waals surface area (Å²) in [7, 11) is 1.56. The highest BCUT2D eigenvalue weighted by Gasteiger charge is 2.21. The van der Waals surface area contributed by atoms with Crippen LogP contribution in [0.3, 0.4) is 0 Å². The van der Waals surface area contributed by atoms with Gasteiger partial charge >= 0.3 is 0 Å². The summed E-state index contributed by atoms with van der Waals surface area (Å²) in [6.07, 6.45) is 0. The van der Waals surface area contributed by atoms with E-state index in [9.17, 15) is 14.9 Å². The van der Waals surface area contributed by atoms with E-state index in [1.165, 1.54) is 17.8 Å². The van der Waals surface area contributed by atoms with Gasteiger partial charge in [0.1, 0.15) is 11.4 Å². The van der Waals surface area contributed by atoms with Crippen LogP contribution in [0.2, 0.25) is 5.02 Å². The second kappa shape index (κ2) is 10.0. The fourth-order valence-corrected chi connectivity index (χ4v) is 4.27. The number of nitrogens with one attached hydrogen (secondary N) is 1. The molecule has 9 nitrogen and oxygen atoms in total. The first-order chi connectivity index (χ1) is 15.2. The van der Waals surface area contributed by atoms with E-state index < -0.39 is 4.92 Å². The zero-order valence-corrected chi connectivity index (χ0v) is 19.6. The van der Waals surface area contributed by atoms with Crippen molar-refractivity contribution in [2.45, 2.75) is 32.5 Å². The third-order valence-corrected chi connectivity index (χ3v) is 5.89. The highest BCUT2D eigenvalue weighted by atomic mass is 35.5. The normalized spacial score (nSPS) is 10.8. The molecular formula is C21H22ClN5O4S. The molecule has 0 saturated heterocycles. The lowest BCUT2D eigenvalue weighted by Gasteiger charge is -2.11. The molecule has 1 N–H and O–H groups in total. The highest BCUT2D eigenvalue weighted by Crippen LogP contribution is 2.34. The number of nitro groups is 1. The Morgan fingerprint density at radius 3 is 2.69 bits per heavy atom. The van der Waals surface area contributed by atoms with Crippen molar-refractivity contribution in [1.29, 1.82) is 0 Å². The predicted octanol–water partition coefficient (Wildman–Crippen LogP) is 4.88. The molecule has 11 heteroatoms. The molecule has 1 aromatic heterocycles. The maximum atomic E-state index is 12.6. The number of halogens is 1. The quantitative estimate of drug-likeness (QED) is 0.280. The van der Waals surface area contributed by atoms with Crippen LogP contribution >= 0.6 is 23.4 Å². The number of benzene rings is 2. The lowest BCUT2D eigenvalue weighted by molar-refractivity contribution is -0.384. The van der Waals surface area contributed by atoms with Gasteiger partial charge in [-0.3, -0.25) is 14.9 Å². The number of thioether (sulfide) groups is 1. The molecule has 0 atom stereocenters. The van der Waals surface area contributed by atoms with Crippen LogP contribution < -0.4 is 10.1 Å². The molecule has 0 spiro atoms. The molecule has 0 unspecified atom stereocenters. The van der Waals surface area contributed by atoms with Gasteiger partial charge in [-0.15, -0.1) is 10.2 Å². The number of hydrogen-bond acceptors (Lipinski definition) is 7. The van der Waals surface area contributed by atoms with Crippen LogP contribution in [0.1, 0.15) is 18.1 Å². The summed E-state index contributed by atoms with van der Waals surface area (Å²) in [5.41, 5.74) is 2.14. The lowest BCUT2D eigenvalue weighted by Crippen LogP contribution is -2.16. The van der Waals surface area contributed by atoms with E-state index in [2.05, 4.69) is 15.5 Å². The fraction of sp³-hybridized carbons (Fsp3) is 0.286. The van der Waals surface area contributed by atoms with Crippen molar-refractivity contribution in [3.63, 3.8) is 0 Å². The van der Waals surface area contributed by atoms with Crippen molar-refractivity contribution in [2.75, 3.05) is 18.2 Å². The zero-order chi connectivity index (χ0) is 23.4. The minimum Gasteiger partial charge on any atom is -0.496 e. The summed E-state index contributed by atoms with van der Waals surface area (Å²) in [5.74, 6) is 0.806. The third-order valence-electron chi connectivity index (χ3n) is 4.69. The topological polar surface area (TPSA) is 112 Å². The summed E-state index contributed by atoms with van der Waals surface area (Å²) in [6.45, 7) is 5.99. The van der Waals surface area contributed by atoms with Gasteiger partial charge < -0.3 is 14.6 Å².